The highest BCUT2D eigenvalue weighted by Gasteiger charge is 2.42. The van der Waals surface area contributed by atoms with Gasteiger partial charge in [-0.3, -0.25) is 9.59 Å². The summed E-state index contributed by atoms with van der Waals surface area (Å²) in [6.45, 7) is 10.8. The molecule has 2 atom stereocenters. The second-order valence-electron chi connectivity index (χ2n) is 6.99. The lowest BCUT2D eigenvalue weighted by molar-refractivity contribution is -0.161. The van der Waals surface area contributed by atoms with E-state index in [2.05, 4.69) is 6.92 Å². The fourth-order valence-corrected chi connectivity index (χ4v) is 3.11. The summed E-state index contributed by atoms with van der Waals surface area (Å²) in [5, 5.41) is 0. The van der Waals surface area contributed by atoms with Gasteiger partial charge in [0.05, 0.1) is 6.61 Å². The molecule has 1 heterocycles. The van der Waals surface area contributed by atoms with Crippen molar-refractivity contribution in [1.82, 2.24) is 4.90 Å². The monoisotopic (exact) mass is 297 g/mol. The molecule has 0 saturated carbocycles. The zero-order valence-electron chi connectivity index (χ0n) is 14.3. The number of esters is 1. The first-order valence-electron chi connectivity index (χ1n) is 8.30. The van der Waals surface area contributed by atoms with Crippen molar-refractivity contribution in [2.24, 2.45) is 11.3 Å². The van der Waals surface area contributed by atoms with Crippen molar-refractivity contribution in [1.29, 1.82) is 0 Å². The van der Waals surface area contributed by atoms with Gasteiger partial charge in [-0.1, -0.05) is 40.5 Å². The Morgan fingerprint density at radius 1 is 1.19 bits per heavy atom. The fraction of sp³-hybridized carbons (Fsp3) is 0.882. The van der Waals surface area contributed by atoms with Crippen LogP contribution >= 0.6 is 0 Å². The molecule has 4 heteroatoms. The minimum atomic E-state index is -0.704. The van der Waals surface area contributed by atoms with Gasteiger partial charge >= 0.3 is 5.97 Å². The van der Waals surface area contributed by atoms with Crippen LogP contribution in [0.4, 0.5) is 0 Å². The van der Waals surface area contributed by atoms with E-state index in [1.165, 1.54) is 12.8 Å². The van der Waals surface area contributed by atoms with Crippen molar-refractivity contribution in [3.63, 3.8) is 0 Å². The number of carbonyl (C=O) groups excluding carboxylic acids is 2. The first-order valence-corrected chi connectivity index (χ1v) is 8.30. The molecule has 0 aromatic rings. The van der Waals surface area contributed by atoms with Gasteiger partial charge < -0.3 is 9.64 Å². The Morgan fingerprint density at radius 2 is 1.86 bits per heavy atom. The van der Waals surface area contributed by atoms with E-state index in [1.54, 1.807) is 6.92 Å². The second-order valence-corrected chi connectivity index (χ2v) is 6.99. The minimum Gasteiger partial charge on any atom is -0.465 e. The molecule has 0 spiro atoms. The van der Waals surface area contributed by atoms with Gasteiger partial charge in [-0.05, 0) is 31.6 Å². The normalized spacial score (nSPS) is 21.6. The van der Waals surface area contributed by atoms with Crippen LogP contribution < -0.4 is 0 Å². The van der Waals surface area contributed by atoms with Gasteiger partial charge in [-0.2, -0.15) is 0 Å². The van der Waals surface area contributed by atoms with E-state index in [0.717, 1.165) is 25.8 Å². The molecule has 0 N–H and O–H groups in total. The fourth-order valence-electron chi connectivity index (χ4n) is 3.11. The van der Waals surface area contributed by atoms with Crippen LogP contribution in [-0.4, -0.2) is 36.0 Å². The largest absolute Gasteiger partial charge is 0.465 e. The smallest absolute Gasteiger partial charge is 0.319 e. The molecule has 0 aromatic heterocycles. The van der Waals surface area contributed by atoms with Crippen LogP contribution in [0.25, 0.3) is 0 Å². The van der Waals surface area contributed by atoms with Gasteiger partial charge in [-0.15, -0.1) is 0 Å². The number of hydrogen-bond donors (Lipinski definition) is 0. The molecule has 1 fully saturated rings. The molecule has 1 amide bonds. The average Bonchev–Trinajstić information content (AvgIpc) is 2.62. The first kappa shape index (κ1) is 18.0. The van der Waals surface area contributed by atoms with Crippen LogP contribution in [0.1, 0.15) is 66.7 Å². The van der Waals surface area contributed by atoms with E-state index in [1.807, 2.05) is 25.7 Å². The SMILES string of the molecule is CCOC(=O)C(C(=O)N1CCCCCC1CC)C(C)(C)C. The van der Waals surface area contributed by atoms with Crippen molar-refractivity contribution in [2.75, 3.05) is 13.2 Å². The Kier molecular flexibility index (Phi) is 6.69. The van der Waals surface area contributed by atoms with Crippen molar-refractivity contribution in [3.05, 3.63) is 0 Å². The van der Waals surface area contributed by atoms with Crippen LogP contribution in [0.2, 0.25) is 0 Å². The van der Waals surface area contributed by atoms with Crippen LogP contribution in [0, 0.1) is 11.3 Å². The Labute approximate surface area is 129 Å². The van der Waals surface area contributed by atoms with E-state index in [4.69, 9.17) is 4.74 Å². The lowest BCUT2D eigenvalue weighted by Crippen LogP contribution is -2.49. The molecule has 1 rings (SSSR count). The number of rotatable bonds is 4. The summed E-state index contributed by atoms with van der Waals surface area (Å²) in [6.07, 6.45) is 5.36. The molecule has 0 radical (unpaired) electrons. The summed E-state index contributed by atoms with van der Waals surface area (Å²) in [5.74, 6) is -1.13. The number of carbonyl (C=O) groups is 2. The molecule has 21 heavy (non-hydrogen) atoms. The molecule has 0 aromatic carbocycles. The molecule has 1 aliphatic rings. The lowest BCUT2D eigenvalue weighted by Gasteiger charge is -2.36. The summed E-state index contributed by atoms with van der Waals surface area (Å²) in [7, 11) is 0. The molecule has 4 nitrogen and oxygen atoms in total. The van der Waals surface area contributed by atoms with Gasteiger partial charge in [-0.25, -0.2) is 0 Å². The minimum absolute atomic E-state index is 0.0466. The van der Waals surface area contributed by atoms with E-state index in [9.17, 15) is 9.59 Å². The molecule has 122 valence electrons. The Morgan fingerprint density at radius 3 is 2.38 bits per heavy atom. The highest BCUT2D eigenvalue weighted by Crippen LogP contribution is 2.31. The molecule has 0 bridgehead atoms. The quantitative estimate of drug-likeness (QED) is 0.590. The van der Waals surface area contributed by atoms with Crippen molar-refractivity contribution >= 4 is 11.9 Å². The van der Waals surface area contributed by atoms with Crippen molar-refractivity contribution < 1.29 is 14.3 Å². The Balaban J connectivity index is 2.99. The van der Waals surface area contributed by atoms with E-state index >= 15 is 0 Å². The summed E-state index contributed by atoms with van der Waals surface area (Å²) in [5.41, 5.74) is -0.423. The average molecular weight is 297 g/mol. The highest BCUT2D eigenvalue weighted by molar-refractivity contribution is 5.98. The summed E-state index contributed by atoms with van der Waals surface area (Å²) < 4.78 is 5.16. The van der Waals surface area contributed by atoms with Crippen molar-refractivity contribution in [3.8, 4) is 0 Å². The summed E-state index contributed by atoms with van der Waals surface area (Å²) in [4.78, 5) is 27.2. The third kappa shape index (κ3) is 4.72. The first-order chi connectivity index (χ1) is 9.82. The zero-order valence-corrected chi connectivity index (χ0v) is 14.3. The molecule has 0 aliphatic carbocycles. The maximum atomic E-state index is 13.0. The number of amides is 1. The Hall–Kier alpha value is -1.06. The second kappa shape index (κ2) is 7.81. The number of nitrogens with zero attached hydrogens (tertiary/aromatic N) is 1. The predicted octanol–water partition coefficient (Wildman–Crippen LogP) is 3.39. The third-order valence-corrected chi connectivity index (χ3v) is 4.27. The summed E-state index contributed by atoms with van der Waals surface area (Å²) >= 11 is 0. The number of hydrogen-bond acceptors (Lipinski definition) is 3. The molecular formula is C17H31NO3. The molecular weight excluding hydrogens is 266 g/mol. The highest BCUT2D eigenvalue weighted by atomic mass is 16.5. The van der Waals surface area contributed by atoms with Gasteiger partial charge in [0.2, 0.25) is 5.91 Å². The van der Waals surface area contributed by atoms with E-state index in [-0.39, 0.29) is 17.9 Å². The summed E-state index contributed by atoms with van der Waals surface area (Å²) in [6, 6.07) is 0.263. The van der Waals surface area contributed by atoms with Gasteiger partial charge in [0, 0.05) is 12.6 Å². The van der Waals surface area contributed by atoms with Crippen LogP contribution in [0.15, 0.2) is 0 Å². The van der Waals surface area contributed by atoms with E-state index < -0.39 is 11.3 Å². The number of ether oxygens (including phenoxy) is 1. The van der Waals surface area contributed by atoms with Crippen LogP contribution in [0.5, 0.6) is 0 Å². The lowest BCUT2D eigenvalue weighted by atomic mass is 9.79. The van der Waals surface area contributed by atoms with Gasteiger partial charge in [0.1, 0.15) is 5.92 Å². The maximum Gasteiger partial charge on any atom is 0.319 e. The maximum absolute atomic E-state index is 13.0. The van der Waals surface area contributed by atoms with Gasteiger partial charge in [0.25, 0.3) is 0 Å². The van der Waals surface area contributed by atoms with Crippen LogP contribution in [-0.2, 0) is 14.3 Å². The molecule has 2 unspecified atom stereocenters. The molecule has 1 aliphatic heterocycles. The van der Waals surface area contributed by atoms with Crippen molar-refractivity contribution in [2.45, 2.75) is 72.8 Å². The van der Waals surface area contributed by atoms with E-state index in [0.29, 0.717) is 6.61 Å². The predicted molar refractivity (Wildman–Crippen MR) is 83.8 cm³/mol. The topological polar surface area (TPSA) is 46.6 Å². The van der Waals surface area contributed by atoms with Crippen LogP contribution in [0.3, 0.4) is 0 Å². The standard InChI is InChI=1S/C17H31NO3/c1-6-13-11-9-8-10-12-18(13)15(19)14(17(3,4)5)16(20)21-7-2/h13-14H,6-12H2,1-5H3. The third-order valence-electron chi connectivity index (χ3n) is 4.27. The Bertz CT molecular complexity index is 360. The molecule has 1 saturated heterocycles. The number of likely N-dealkylation sites (tertiary alicyclic amines) is 1. The van der Waals surface area contributed by atoms with Gasteiger partial charge in [0.15, 0.2) is 0 Å². The zero-order chi connectivity index (χ0) is 16.0.